The van der Waals surface area contributed by atoms with Crippen LogP contribution in [0, 0.1) is 0 Å². The second-order valence-electron chi connectivity index (χ2n) is 6.48. The summed E-state index contributed by atoms with van der Waals surface area (Å²) in [6, 6.07) is 6.26. The molecule has 25 heavy (non-hydrogen) atoms. The SMILES string of the molecule is Cn1ccnc(N2CCCC(NCc3cccc4c3OCO4)C2)c1=O. The molecular weight excluding hydrogens is 320 g/mol. The second kappa shape index (κ2) is 6.76. The van der Waals surface area contributed by atoms with Crippen LogP contribution in [0.4, 0.5) is 5.82 Å². The standard InChI is InChI=1S/C18H22N4O3/c1-21-9-7-19-17(18(21)23)22-8-3-5-14(11-22)20-10-13-4-2-6-15-16(13)25-12-24-15/h2,4,6-7,9,14,20H,3,5,8,10-12H2,1H3. The molecule has 1 aromatic carbocycles. The summed E-state index contributed by atoms with van der Waals surface area (Å²) in [5.41, 5.74) is 1.05. The van der Waals surface area contributed by atoms with E-state index >= 15 is 0 Å². The first-order valence-corrected chi connectivity index (χ1v) is 8.60. The van der Waals surface area contributed by atoms with Gasteiger partial charge in [0.25, 0.3) is 5.56 Å². The Morgan fingerprint density at radius 1 is 1.36 bits per heavy atom. The van der Waals surface area contributed by atoms with Crippen LogP contribution in [0.3, 0.4) is 0 Å². The van der Waals surface area contributed by atoms with Gasteiger partial charge in [-0.3, -0.25) is 4.79 Å². The minimum Gasteiger partial charge on any atom is -0.454 e. The molecule has 0 saturated carbocycles. The van der Waals surface area contributed by atoms with E-state index in [1.54, 1.807) is 24.0 Å². The van der Waals surface area contributed by atoms with E-state index in [1.165, 1.54) is 0 Å². The lowest BCUT2D eigenvalue weighted by molar-refractivity contribution is 0.173. The lowest BCUT2D eigenvalue weighted by Crippen LogP contribution is -2.47. The van der Waals surface area contributed by atoms with Gasteiger partial charge < -0.3 is 24.3 Å². The number of anilines is 1. The zero-order chi connectivity index (χ0) is 17.2. The van der Waals surface area contributed by atoms with Crippen LogP contribution < -0.4 is 25.2 Å². The Balaban J connectivity index is 1.43. The first kappa shape index (κ1) is 16.0. The van der Waals surface area contributed by atoms with E-state index in [-0.39, 0.29) is 12.4 Å². The minimum absolute atomic E-state index is 0.0467. The highest BCUT2D eigenvalue weighted by molar-refractivity contribution is 5.48. The summed E-state index contributed by atoms with van der Waals surface area (Å²) in [5.74, 6) is 2.18. The largest absolute Gasteiger partial charge is 0.454 e. The molecule has 0 radical (unpaired) electrons. The summed E-state index contributed by atoms with van der Waals surface area (Å²) in [6.07, 6.45) is 5.47. The molecule has 4 rings (SSSR count). The van der Waals surface area contributed by atoms with Gasteiger partial charge >= 0.3 is 0 Å². The van der Waals surface area contributed by atoms with Crippen molar-refractivity contribution in [3.8, 4) is 11.5 Å². The molecule has 2 aromatic rings. The summed E-state index contributed by atoms with van der Waals surface area (Å²) in [6.45, 7) is 2.64. The van der Waals surface area contributed by atoms with E-state index in [4.69, 9.17) is 9.47 Å². The number of piperidine rings is 1. The number of nitrogens with zero attached hydrogens (tertiary/aromatic N) is 3. The highest BCUT2D eigenvalue weighted by Crippen LogP contribution is 2.35. The number of aryl methyl sites for hydroxylation is 1. The Labute approximate surface area is 146 Å². The zero-order valence-electron chi connectivity index (χ0n) is 14.3. The first-order valence-electron chi connectivity index (χ1n) is 8.60. The van der Waals surface area contributed by atoms with Crippen molar-refractivity contribution in [3.63, 3.8) is 0 Å². The number of ether oxygens (including phenoxy) is 2. The number of hydrogen-bond acceptors (Lipinski definition) is 6. The Hall–Kier alpha value is -2.54. The fraction of sp³-hybridized carbons (Fsp3) is 0.444. The molecule has 0 spiro atoms. The molecule has 0 aliphatic carbocycles. The van der Waals surface area contributed by atoms with Crippen molar-refractivity contribution < 1.29 is 9.47 Å². The van der Waals surface area contributed by atoms with Crippen molar-refractivity contribution in [2.75, 3.05) is 24.8 Å². The fourth-order valence-electron chi connectivity index (χ4n) is 3.42. The topological polar surface area (TPSA) is 68.6 Å². The maximum absolute atomic E-state index is 12.3. The van der Waals surface area contributed by atoms with E-state index in [0.717, 1.165) is 43.0 Å². The lowest BCUT2D eigenvalue weighted by atomic mass is 10.0. The predicted octanol–water partition coefficient (Wildman–Crippen LogP) is 1.27. The van der Waals surface area contributed by atoms with Gasteiger partial charge in [-0.2, -0.15) is 0 Å². The molecule has 132 valence electrons. The van der Waals surface area contributed by atoms with E-state index < -0.39 is 0 Å². The molecule has 3 heterocycles. The van der Waals surface area contributed by atoms with Gasteiger partial charge in [-0.25, -0.2) is 4.98 Å². The zero-order valence-corrected chi connectivity index (χ0v) is 14.3. The van der Waals surface area contributed by atoms with Crippen LogP contribution in [-0.2, 0) is 13.6 Å². The molecule has 1 fully saturated rings. The van der Waals surface area contributed by atoms with E-state index in [9.17, 15) is 4.79 Å². The molecule has 1 N–H and O–H groups in total. The van der Waals surface area contributed by atoms with Crippen molar-refractivity contribution in [2.24, 2.45) is 7.05 Å². The number of nitrogens with one attached hydrogen (secondary N) is 1. The summed E-state index contributed by atoms with van der Waals surface area (Å²) < 4.78 is 12.6. The van der Waals surface area contributed by atoms with E-state index in [2.05, 4.69) is 21.3 Å². The molecule has 1 aromatic heterocycles. The lowest BCUT2D eigenvalue weighted by Gasteiger charge is -2.33. The molecule has 0 amide bonds. The molecule has 2 aliphatic heterocycles. The van der Waals surface area contributed by atoms with Gasteiger partial charge in [0.1, 0.15) is 0 Å². The number of fused-ring (bicyclic) bond motifs is 1. The monoisotopic (exact) mass is 342 g/mol. The minimum atomic E-state index is -0.0467. The summed E-state index contributed by atoms with van der Waals surface area (Å²) >= 11 is 0. The van der Waals surface area contributed by atoms with Crippen LogP contribution in [0.5, 0.6) is 11.5 Å². The van der Waals surface area contributed by atoms with Gasteiger partial charge in [-0.15, -0.1) is 0 Å². The van der Waals surface area contributed by atoms with Crippen LogP contribution in [0.2, 0.25) is 0 Å². The fourth-order valence-corrected chi connectivity index (χ4v) is 3.42. The quantitative estimate of drug-likeness (QED) is 0.902. The average Bonchev–Trinajstić information content (AvgIpc) is 3.12. The molecule has 1 unspecified atom stereocenters. The Bertz CT molecular complexity index is 820. The Morgan fingerprint density at radius 2 is 2.28 bits per heavy atom. The third-order valence-corrected chi connectivity index (χ3v) is 4.78. The highest BCUT2D eigenvalue weighted by Gasteiger charge is 2.24. The van der Waals surface area contributed by atoms with Gasteiger partial charge in [0.2, 0.25) is 6.79 Å². The Kier molecular flexibility index (Phi) is 4.31. The third-order valence-electron chi connectivity index (χ3n) is 4.78. The van der Waals surface area contributed by atoms with Gasteiger partial charge in [0.05, 0.1) is 0 Å². The molecule has 1 saturated heterocycles. The van der Waals surface area contributed by atoms with Crippen LogP contribution in [0.15, 0.2) is 35.4 Å². The van der Waals surface area contributed by atoms with Crippen LogP contribution in [0.25, 0.3) is 0 Å². The van der Waals surface area contributed by atoms with Gasteiger partial charge in [0.15, 0.2) is 17.3 Å². The third kappa shape index (κ3) is 3.19. The smallest absolute Gasteiger partial charge is 0.293 e. The summed E-state index contributed by atoms with van der Waals surface area (Å²) in [7, 11) is 1.76. The number of para-hydroxylation sites is 1. The van der Waals surface area contributed by atoms with Gasteiger partial charge in [-0.1, -0.05) is 12.1 Å². The maximum Gasteiger partial charge on any atom is 0.293 e. The van der Waals surface area contributed by atoms with E-state index in [1.807, 2.05) is 12.1 Å². The second-order valence-corrected chi connectivity index (χ2v) is 6.48. The van der Waals surface area contributed by atoms with E-state index in [0.29, 0.717) is 18.4 Å². The van der Waals surface area contributed by atoms with Crippen molar-refractivity contribution in [1.29, 1.82) is 0 Å². The normalized spacial score (nSPS) is 19.2. The van der Waals surface area contributed by atoms with Gasteiger partial charge in [-0.05, 0) is 18.9 Å². The molecular formula is C18H22N4O3. The highest BCUT2D eigenvalue weighted by atomic mass is 16.7. The van der Waals surface area contributed by atoms with Crippen LogP contribution in [0.1, 0.15) is 18.4 Å². The average molecular weight is 342 g/mol. The Morgan fingerprint density at radius 3 is 3.20 bits per heavy atom. The number of rotatable bonds is 4. The van der Waals surface area contributed by atoms with Crippen LogP contribution >= 0.6 is 0 Å². The summed E-state index contributed by atoms with van der Waals surface area (Å²) in [4.78, 5) is 18.7. The van der Waals surface area contributed by atoms with Crippen molar-refractivity contribution in [1.82, 2.24) is 14.9 Å². The molecule has 7 heteroatoms. The molecule has 2 aliphatic rings. The van der Waals surface area contributed by atoms with Crippen molar-refractivity contribution in [2.45, 2.75) is 25.4 Å². The van der Waals surface area contributed by atoms with Crippen LogP contribution in [-0.4, -0.2) is 35.5 Å². The first-order chi connectivity index (χ1) is 12.2. The van der Waals surface area contributed by atoms with Crippen molar-refractivity contribution >= 4 is 5.82 Å². The summed E-state index contributed by atoms with van der Waals surface area (Å²) in [5, 5.41) is 3.59. The van der Waals surface area contributed by atoms with Gasteiger partial charge in [0, 0.05) is 50.7 Å². The molecule has 7 nitrogen and oxygen atoms in total. The molecule has 1 atom stereocenters. The number of aromatic nitrogens is 2. The number of benzene rings is 1. The molecule has 0 bridgehead atoms. The van der Waals surface area contributed by atoms with Crippen molar-refractivity contribution in [3.05, 3.63) is 46.5 Å². The predicted molar refractivity (Wildman–Crippen MR) is 94.1 cm³/mol. The number of hydrogen-bond donors (Lipinski definition) is 1. The maximum atomic E-state index is 12.3.